The Morgan fingerprint density at radius 1 is 0.518 bits per heavy atom. The Labute approximate surface area is 499 Å². The minimum absolute atomic E-state index is 0.0156. The van der Waals surface area contributed by atoms with Crippen molar-refractivity contribution in [2.24, 2.45) is 0 Å². The average molecular weight is 1170 g/mol. The van der Waals surface area contributed by atoms with E-state index in [4.69, 9.17) is 23.9 Å². The number of likely N-dealkylation sites (tertiary alicyclic amines) is 4. The molecule has 5 aromatic rings. The standard InChI is InChI=1S/C64H86N12O9/c1-71(2)63(81)57-44-49-45-67-64(70-58(49)76(57)54-9-3-4-10-54)69-51-18-13-47(14-19-51)60(78)66-26-36-83-38-40-85-42-41-84-39-37-82-35-25-65-59(77)46-11-16-50(17-12-46)68-56-43-48(61(79)74-31-21-52(22-32-74)72-27-5-6-28-72)15-20-55(56)62(80)75-33-23-53(24-34-75)73-29-7-8-30-73/h11-20,43-45,52-54,68H,3-10,21-42H2,1-2H3,(H,65,77)(H,66,78)(H,67,69,70). The van der Waals surface area contributed by atoms with Crippen LogP contribution in [0.1, 0.15) is 135 Å². The Balaban J connectivity index is 0.577. The zero-order valence-corrected chi connectivity index (χ0v) is 49.7. The van der Waals surface area contributed by atoms with Crippen LogP contribution in [0.3, 0.4) is 0 Å². The van der Waals surface area contributed by atoms with E-state index in [-0.39, 0.29) is 35.6 Å². The van der Waals surface area contributed by atoms with Crippen LogP contribution in [0.25, 0.3) is 11.0 Å². The molecule has 456 valence electrons. The number of rotatable bonds is 27. The molecule has 5 amide bonds. The lowest BCUT2D eigenvalue weighted by atomic mass is 10.00. The third kappa shape index (κ3) is 16.3. The molecule has 3 aromatic carbocycles. The molecule has 1 saturated carbocycles. The molecule has 5 fully saturated rings. The van der Waals surface area contributed by atoms with Crippen LogP contribution in [0.4, 0.5) is 23.0 Å². The molecule has 0 radical (unpaired) electrons. The Morgan fingerprint density at radius 2 is 0.988 bits per heavy atom. The maximum atomic E-state index is 14.2. The van der Waals surface area contributed by atoms with Gasteiger partial charge in [-0.05, 0) is 163 Å². The average Bonchev–Trinajstić information content (AvgIpc) is 2.20. The van der Waals surface area contributed by atoms with Crippen molar-refractivity contribution in [3.05, 3.63) is 107 Å². The molecule has 10 rings (SSSR count). The smallest absolute Gasteiger partial charge is 0.270 e. The van der Waals surface area contributed by atoms with Gasteiger partial charge in [0.25, 0.3) is 29.5 Å². The molecule has 6 heterocycles. The van der Waals surface area contributed by atoms with E-state index in [0.29, 0.717) is 136 Å². The topological polar surface area (TPSA) is 217 Å². The first kappa shape index (κ1) is 61.1. The van der Waals surface area contributed by atoms with Crippen LogP contribution in [-0.4, -0.2) is 213 Å². The highest BCUT2D eigenvalue weighted by molar-refractivity contribution is 6.04. The van der Waals surface area contributed by atoms with Crippen LogP contribution >= 0.6 is 0 Å². The van der Waals surface area contributed by atoms with Gasteiger partial charge in [-0.2, -0.15) is 4.98 Å². The van der Waals surface area contributed by atoms with E-state index in [1.165, 1.54) is 25.7 Å². The highest BCUT2D eigenvalue weighted by atomic mass is 16.6. The number of anilines is 4. The first-order chi connectivity index (χ1) is 41.6. The molecule has 5 aliphatic rings. The summed E-state index contributed by atoms with van der Waals surface area (Å²) in [4.78, 5) is 87.1. The third-order valence-electron chi connectivity index (χ3n) is 17.2. The number of nitrogens with one attached hydrogen (secondary N) is 4. The van der Waals surface area contributed by atoms with Gasteiger partial charge >= 0.3 is 0 Å². The van der Waals surface area contributed by atoms with E-state index in [1.54, 1.807) is 61.6 Å². The van der Waals surface area contributed by atoms with Gasteiger partial charge in [0.1, 0.15) is 11.3 Å². The van der Waals surface area contributed by atoms with Crippen molar-refractivity contribution in [3.8, 4) is 0 Å². The molecular weight excluding hydrogens is 1080 g/mol. The number of fused-ring (bicyclic) bond motifs is 1. The summed E-state index contributed by atoms with van der Waals surface area (Å²) in [6.45, 7) is 11.1. The second-order valence-corrected chi connectivity index (χ2v) is 23.2. The van der Waals surface area contributed by atoms with Crippen LogP contribution in [0.5, 0.6) is 0 Å². The predicted octanol–water partition coefficient (Wildman–Crippen LogP) is 7.36. The van der Waals surface area contributed by atoms with Crippen molar-refractivity contribution in [2.75, 3.05) is 143 Å². The highest BCUT2D eigenvalue weighted by Crippen LogP contribution is 2.35. The summed E-state index contributed by atoms with van der Waals surface area (Å²) in [7, 11) is 3.51. The van der Waals surface area contributed by atoms with Gasteiger partial charge in [0.2, 0.25) is 5.95 Å². The number of aromatic nitrogens is 3. The summed E-state index contributed by atoms with van der Waals surface area (Å²) in [5, 5.41) is 13.3. The van der Waals surface area contributed by atoms with Crippen LogP contribution in [-0.2, 0) is 18.9 Å². The first-order valence-electron chi connectivity index (χ1n) is 31.0. The Morgan fingerprint density at radius 3 is 1.49 bits per heavy atom. The molecule has 4 saturated heterocycles. The monoisotopic (exact) mass is 1170 g/mol. The zero-order valence-electron chi connectivity index (χ0n) is 49.7. The van der Waals surface area contributed by atoms with Crippen molar-refractivity contribution >= 4 is 63.6 Å². The van der Waals surface area contributed by atoms with Gasteiger partial charge < -0.3 is 69.3 Å². The lowest BCUT2D eigenvalue weighted by Crippen LogP contribution is -2.46. The molecule has 0 bridgehead atoms. The second-order valence-electron chi connectivity index (χ2n) is 23.2. The minimum atomic E-state index is -0.231. The molecule has 0 unspecified atom stereocenters. The molecule has 21 nitrogen and oxygen atoms in total. The normalized spacial score (nSPS) is 17.4. The van der Waals surface area contributed by atoms with E-state index >= 15 is 0 Å². The van der Waals surface area contributed by atoms with Crippen LogP contribution in [0, 0.1) is 0 Å². The fourth-order valence-electron chi connectivity index (χ4n) is 12.5. The summed E-state index contributed by atoms with van der Waals surface area (Å²) >= 11 is 0. The van der Waals surface area contributed by atoms with Crippen LogP contribution < -0.4 is 21.3 Å². The minimum Gasteiger partial charge on any atom is -0.377 e. The summed E-state index contributed by atoms with van der Waals surface area (Å²) in [6, 6.07) is 22.8. The van der Waals surface area contributed by atoms with E-state index in [1.807, 2.05) is 46.2 Å². The van der Waals surface area contributed by atoms with Gasteiger partial charge in [-0.3, -0.25) is 24.0 Å². The number of benzene rings is 3. The first-order valence-corrected chi connectivity index (χ1v) is 31.0. The zero-order chi connectivity index (χ0) is 58.9. The van der Waals surface area contributed by atoms with E-state index in [9.17, 15) is 24.0 Å². The van der Waals surface area contributed by atoms with Gasteiger partial charge in [0, 0.05) is 111 Å². The van der Waals surface area contributed by atoms with Gasteiger partial charge in [-0.1, -0.05) is 12.8 Å². The molecule has 0 spiro atoms. The highest BCUT2D eigenvalue weighted by Gasteiger charge is 2.33. The quantitative estimate of drug-likeness (QED) is 0.0378. The Kier molecular flexibility index (Phi) is 21.8. The number of carbonyl (C=O) groups is 5. The maximum Gasteiger partial charge on any atom is 0.270 e. The number of ether oxygens (including phenoxy) is 4. The summed E-state index contributed by atoms with van der Waals surface area (Å²) in [5.41, 5.74) is 5.45. The van der Waals surface area contributed by atoms with E-state index in [0.717, 1.165) is 107 Å². The second kappa shape index (κ2) is 30.4. The maximum absolute atomic E-state index is 14.2. The third-order valence-corrected chi connectivity index (χ3v) is 17.2. The molecular formula is C64H86N12O9. The predicted molar refractivity (Wildman–Crippen MR) is 326 cm³/mol. The number of piperidine rings is 2. The van der Waals surface area contributed by atoms with Crippen molar-refractivity contribution in [1.29, 1.82) is 0 Å². The molecule has 4 N–H and O–H groups in total. The SMILES string of the molecule is CN(C)C(=O)c1cc2cnc(Nc3ccc(C(=O)NCCOCCOCCOCCOCCNC(=O)c4ccc(Nc5cc(C(=O)N6CCC(N7CCCC7)CC6)ccc5C(=O)N5CCC(N6CCCC6)CC5)cc4)cc3)nc2n1C1CCCC1. The number of nitrogens with zero attached hydrogens (tertiary/aromatic N) is 8. The van der Waals surface area contributed by atoms with E-state index in [2.05, 4.69) is 40.6 Å². The van der Waals surface area contributed by atoms with Gasteiger partial charge in [0.05, 0.1) is 64.1 Å². The lowest BCUT2D eigenvalue weighted by molar-refractivity contribution is -0.000998. The fraction of sp³-hybridized carbons (Fsp3) is 0.547. The number of hydrogen-bond donors (Lipinski definition) is 4. The number of amides is 5. The van der Waals surface area contributed by atoms with Gasteiger partial charge in [0.15, 0.2) is 0 Å². The summed E-state index contributed by atoms with van der Waals surface area (Å²) in [6.07, 6.45) is 14.9. The fourth-order valence-corrected chi connectivity index (χ4v) is 12.5. The molecule has 85 heavy (non-hydrogen) atoms. The number of carbonyl (C=O) groups excluding carboxylic acids is 5. The van der Waals surface area contributed by atoms with Crippen molar-refractivity contribution in [1.82, 2.24) is 49.7 Å². The van der Waals surface area contributed by atoms with E-state index < -0.39 is 0 Å². The lowest BCUT2D eigenvalue weighted by Gasteiger charge is -2.37. The molecule has 1 aliphatic carbocycles. The molecule has 4 aliphatic heterocycles. The Bertz CT molecular complexity index is 3010. The largest absolute Gasteiger partial charge is 0.377 e. The van der Waals surface area contributed by atoms with Crippen LogP contribution in [0.2, 0.25) is 0 Å². The van der Waals surface area contributed by atoms with Gasteiger partial charge in [-0.15, -0.1) is 0 Å². The molecule has 2 aromatic heterocycles. The van der Waals surface area contributed by atoms with Crippen LogP contribution in [0.15, 0.2) is 79.0 Å². The van der Waals surface area contributed by atoms with Crippen molar-refractivity contribution in [2.45, 2.75) is 95.2 Å². The summed E-state index contributed by atoms with van der Waals surface area (Å²) in [5.74, 6) is -0.148. The summed E-state index contributed by atoms with van der Waals surface area (Å²) < 4.78 is 24.6. The molecule has 21 heteroatoms. The Hall–Kier alpha value is -7.01. The van der Waals surface area contributed by atoms with Crippen molar-refractivity contribution in [3.63, 3.8) is 0 Å². The van der Waals surface area contributed by atoms with Crippen molar-refractivity contribution < 1.29 is 42.9 Å². The van der Waals surface area contributed by atoms with Gasteiger partial charge in [-0.25, -0.2) is 4.98 Å². The number of hydrogen-bond acceptors (Lipinski definition) is 15. The molecule has 0 atom stereocenters.